The summed E-state index contributed by atoms with van der Waals surface area (Å²) in [4.78, 5) is 27.2. The molecule has 0 aliphatic heterocycles. The van der Waals surface area contributed by atoms with E-state index < -0.39 is 0 Å². The van der Waals surface area contributed by atoms with Gasteiger partial charge in [0.25, 0.3) is 0 Å². The van der Waals surface area contributed by atoms with E-state index in [1.807, 2.05) is 24.3 Å². The third-order valence-electron chi connectivity index (χ3n) is 10.9. The number of benzene rings is 1. The minimum atomic E-state index is -0.183. The Bertz CT molecular complexity index is 1090. The fourth-order valence-electron chi connectivity index (χ4n) is 8.89. The monoisotopic (exact) mass is 574 g/mol. The second-order valence-electron chi connectivity index (χ2n) is 12.8. The van der Waals surface area contributed by atoms with Crippen LogP contribution in [0.4, 0.5) is 5.69 Å². The maximum atomic E-state index is 13.2. The smallest absolute Gasteiger partial charge is 0.318 e. The number of ether oxygens (including phenoxy) is 1. The normalized spacial score (nSPS) is 35.2. The van der Waals surface area contributed by atoms with Crippen molar-refractivity contribution in [2.75, 3.05) is 29.7 Å². The molecule has 3 fully saturated rings. The number of hydrogen-bond donors (Lipinski definition) is 1. The van der Waals surface area contributed by atoms with Crippen LogP contribution in [0.5, 0.6) is 5.75 Å². The second-order valence-corrected chi connectivity index (χ2v) is 13.6. The molecule has 3 saturated carbocycles. The van der Waals surface area contributed by atoms with Crippen molar-refractivity contribution < 1.29 is 14.3 Å². The van der Waals surface area contributed by atoms with Gasteiger partial charge in [0.2, 0.25) is 5.91 Å². The van der Waals surface area contributed by atoms with Gasteiger partial charge < -0.3 is 15.0 Å². The summed E-state index contributed by atoms with van der Waals surface area (Å²) < 4.78 is 5.85. The number of rotatable bonds is 8. The predicted octanol–water partition coefficient (Wildman–Crippen LogP) is 6.96. The lowest BCUT2D eigenvalue weighted by Gasteiger charge is -2.58. The van der Waals surface area contributed by atoms with E-state index in [0.717, 1.165) is 44.5 Å². The van der Waals surface area contributed by atoms with Crippen LogP contribution in [-0.2, 0) is 9.59 Å². The third kappa shape index (κ3) is 5.47. The summed E-state index contributed by atoms with van der Waals surface area (Å²) in [6.07, 6.45) is 11.2. The molecule has 0 aromatic heterocycles. The lowest BCUT2D eigenvalue weighted by molar-refractivity contribution is -0.138. The van der Waals surface area contributed by atoms with Crippen molar-refractivity contribution in [1.29, 1.82) is 0 Å². The molecule has 5 nitrogen and oxygen atoms in total. The average molecular weight is 576 g/mol. The van der Waals surface area contributed by atoms with Gasteiger partial charge in [0.15, 0.2) is 0 Å². The number of amides is 1. The molecule has 0 radical (unpaired) electrons. The third-order valence-corrected chi connectivity index (χ3v) is 11.3. The maximum Gasteiger partial charge on any atom is 0.318 e. The van der Waals surface area contributed by atoms with Crippen molar-refractivity contribution >= 4 is 40.8 Å². The highest BCUT2D eigenvalue weighted by Gasteiger charge is 2.59. The SMILES string of the molecule is CC(=O)NC1CCC2C3CCC4=CC(C(=O)Oc5ccc(N(CCCl)CCCl)cc5)CCC4(C)C3CCC12C. The number of nitrogens with zero attached hydrogens (tertiary/aromatic N) is 1. The van der Waals surface area contributed by atoms with Crippen molar-refractivity contribution in [2.45, 2.75) is 78.2 Å². The molecule has 0 bridgehead atoms. The standard InChI is InChI=1S/C32H44Cl2N2O3/c1-21(37)35-29-11-10-27-26-9-4-23-20-22(12-14-31(23,2)28(26)13-15-32(27,29)3)30(38)39-25-7-5-24(6-8-25)36(18-16-33)19-17-34/h5-8,20,22,26-29H,4,9-19H2,1-3H3,(H,35,37). The molecule has 0 spiro atoms. The number of anilines is 1. The highest BCUT2D eigenvalue weighted by Crippen LogP contribution is 2.65. The molecule has 4 aliphatic carbocycles. The van der Waals surface area contributed by atoms with Crippen LogP contribution < -0.4 is 15.0 Å². The van der Waals surface area contributed by atoms with Crippen LogP contribution in [0.2, 0.25) is 0 Å². The van der Waals surface area contributed by atoms with Crippen LogP contribution in [0, 0.1) is 34.5 Å². The van der Waals surface area contributed by atoms with Gasteiger partial charge in [-0.25, -0.2) is 0 Å². The molecule has 7 unspecified atom stereocenters. The molecule has 7 atom stereocenters. The second kappa shape index (κ2) is 11.6. The van der Waals surface area contributed by atoms with E-state index in [2.05, 4.69) is 30.1 Å². The lowest BCUT2D eigenvalue weighted by atomic mass is 9.47. The average Bonchev–Trinajstić information content (AvgIpc) is 3.24. The summed E-state index contributed by atoms with van der Waals surface area (Å²) in [6, 6.07) is 7.98. The summed E-state index contributed by atoms with van der Waals surface area (Å²) in [7, 11) is 0. The number of carbonyl (C=O) groups excluding carboxylic acids is 2. The van der Waals surface area contributed by atoms with Crippen molar-refractivity contribution in [1.82, 2.24) is 5.32 Å². The molecule has 7 heteroatoms. The van der Waals surface area contributed by atoms with E-state index in [1.165, 1.54) is 31.3 Å². The number of fused-ring (bicyclic) bond motifs is 5. The van der Waals surface area contributed by atoms with Crippen LogP contribution >= 0.6 is 23.2 Å². The quantitative estimate of drug-likeness (QED) is 0.158. The molecule has 39 heavy (non-hydrogen) atoms. The van der Waals surface area contributed by atoms with Crippen LogP contribution in [0.25, 0.3) is 0 Å². The van der Waals surface area contributed by atoms with Crippen molar-refractivity contribution in [3.05, 3.63) is 35.9 Å². The zero-order chi connectivity index (χ0) is 27.8. The first-order valence-electron chi connectivity index (χ1n) is 14.9. The maximum absolute atomic E-state index is 13.2. The summed E-state index contributed by atoms with van der Waals surface area (Å²) in [5, 5.41) is 3.29. The Labute approximate surface area is 244 Å². The highest BCUT2D eigenvalue weighted by molar-refractivity contribution is 6.18. The minimum Gasteiger partial charge on any atom is -0.426 e. The highest BCUT2D eigenvalue weighted by atomic mass is 35.5. The first-order chi connectivity index (χ1) is 18.7. The first-order valence-corrected chi connectivity index (χ1v) is 15.9. The molecule has 1 aromatic carbocycles. The number of halogens is 2. The molecule has 4 aliphatic rings. The van der Waals surface area contributed by atoms with E-state index in [0.29, 0.717) is 41.3 Å². The molecule has 1 aromatic rings. The summed E-state index contributed by atoms with van der Waals surface area (Å²) in [5.74, 6) is 3.47. The van der Waals surface area contributed by atoms with Gasteiger partial charge >= 0.3 is 5.97 Å². The minimum absolute atomic E-state index is 0.102. The van der Waals surface area contributed by atoms with Gasteiger partial charge in [0.1, 0.15) is 5.75 Å². The molecule has 5 rings (SSSR count). The fourth-order valence-corrected chi connectivity index (χ4v) is 9.30. The zero-order valence-corrected chi connectivity index (χ0v) is 25.2. The molecule has 0 saturated heterocycles. The number of hydrogen-bond acceptors (Lipinski definition) is 4. The van der Waals surface area contributed by atoms with Crippen molar-refractivity contribution in [2.24, 2.45) is 34.5 Å². The van der Waals surface area contributed by atoms with Crippen molar-refractivity contribution in [3.63, 3.8) is 0 Å². The van der Waals surface area contributed by atoms with E-state index in [4.69, 9.17) is 27.9 Å². The lowest BCUT2D eigenvalue weighted by Crippen LogP contribution is -2.54. The van der Waals surface area contributed by atoms with Gasteiger partial charge in [0.05, 0.1) is 5.92 Å². The first kappa shape index (κ1) is 28.8. The number of carbonyl (C=O) groups is 2. The zero-order valence-electron chi connectivity index (χ0n) is 23.7. The Balaban J connectivity index is 1.25. The topological polar surface area (TPSA) is 58.6 Å². The Hall–Kier alpha value is -1.72. The summed E-state index contributed by atoms with van der Waals surface area (Å²) in [5.41, 5.74) is 2.89. The largest absolute Gasteiger partial charge is 0.426 e. The van der Waals surface area contributed by atoms with E-state index in [9.17, 15) is 9.59 Å². The van der Waals surface area contributed by atoms with Gasteiger partial charge in [-0.05, 0) is 104 Å². The van der Waals surface area contributed by atoms with E-state index in [-0.39, 0.29) is 28.6 Å². The van der Waals surface area contributed by atoms with Crippen LogP contribution in [0.15, 0.2) is 35.9 Å². The van der Waals surface area contributed by atoms with Gasteiger partial charge in [-0.2, -0.15) is 0 Å². The molecular formula is C32H44Cl2N2O3. The number of esters is 1. The fraction of sp³-hybridized carbons (Fsp3) is 0.688. The number of allylic oxidation sites excluding steroid dienone is 1. The molecular weight excluding hydrogens is 531 g/mol. The number of nitrogens with one attached hydrogen (secondary N) is 1. The summed E-state index contributed by atoms with van der Waals surface area (Å²) in [6.45, 7) is 7.99. The van der Waals surface area contributed by atoms with E-state index >= 15 is 0 Å². The Morgan fingerprint density at radius 1 is 0.974 bits per heavy atom. The van der Waals surface area contributed by atoms with Crippen molar-refractivity contribution in [3.8, 4) is 5.75 Å². The van der Waals surface area contributed by atoms with Gasteiger partial charge in [-0.3, -0.25) is 9.59 Å². The molecule has 214 valence electrons. The molecule has 0 heterocycles. The Morgan fingerprint density at radius 3 is 2.36 bits per heavy atom. The van der Waals surface area contributed by atoms with Gasteiger partial charge in [-0.15, -0.1) is 23.2 Å². The predicted molar refractivity (Wildman–Crippen MR) is 159 cm³/mol. The molecule has 1 N–H and O–H groups in total. The van der Waals surface area contributed by atoms with Crippen LogP contribution in [-0.4, -0.2) is 42.8 Å². The van der Waals surface area contributed by atoms with E-state index in [1.54, 1.807) is 6.92 Å². The Kier molecular flexibility index (Phi) is 8.60. The van der Waals surface area contributed by atoms with Gasteiger partial charge in [0, 0.05) is 43.5 Å². The molecule has 1 amide bonds. The summed E-state index contributed by atoms with van der Waals surface area (Å²) >= 11 is 11.9. The van der Waals surface area contributed by atoms with Gasteiger partial charge in [-0.1, -0.05) is 25.5 Å². The van der Waals surface area contributed by atoms with Crippen LogP contribution in [0.3, 0.4) is 0 Å². The van der Waals surface area contributed by atoms with Crippen LogP contribution in [0.1, 0.15) is 72.1 Å². The Morgan fingerprint density at radius 2 is 1.69 bits per heavy atom. The number of alkyl halides is 2.